The molecule has 5 heteroatoms. The molecular weight excluding hydrogens is 257 g/mol. The van der Waals surface area contributed by atoms with Crippen molar-refractivity contribution in [3.8, 4) is 0 Å². The van der Waals surface area contributed by atoms with E-state index in [0.717, 1.165) is 18.4 Å². The first kappa shape index (κ1) is 13.3. The van der Waals surface area contributed by atoms with Gasteiger partial charge in [-0.25, -0.2) is 0 Å². The second-order valence-electron chi connectivity index (χ2n) is 6.71. The molecule has 3 rings (SSSR count). The summed E-state index contributed by atoms with van der Waals surface area (Å²) in [6.07, 6.45) is -3.45. The molecular formula is C14H19F3O2. The lowest BCUT2D eigenvalue weighted by Gasteiger charge is -2.40. The SMILES string of the molecule is CC1(C)C2CCC1(C)C1OCOC(CC(F)(F)F)=C21. The second kappa shape index (κ2) is 3.68. The third-order valence-corrected chi connectivity index (χ3v) is 5.68. The number of ether oxygens (including phenoxy) is 2. The number of rotatable bonds is 1. The Morgan fingerprint density at radius 2 is 1.95 bits per heavy atom. The molecule has 19 heavy (non-hydrogen) atoms. The normalized spacial score (nSPS) is 40.3. The van der Waals surface area contributed by atoms with E-state index in [1.54, 1.807) is 0 Å². The molecule has 1 heterocycles. The lowest BCUT2D eigenvalue weighted by molar-refractivity contribution is -0.158. The summed E-state index contributed by atoms with van der Waals surface area (Å²) in [6, 6.07) is 0. The summed E-state index contributed by atoms with van der Waals surface area (Å²) in [5.74, 6) is 0.269. The van der Waals surface area contributed by atoms with Crippen LogP contribution in [0.5, 0.6) is 0 Å². The van der Waals surface area contributed by atoms with Gasteiger partial charge in [-0.3, -0.25) is 0 Å². The number of alkyl halides is 3. The topological polar surface area (TPSA) is 18.5 Å². The highest BCUT2D eigenvalue weighted by Crippen LogP contribution is 2.69. The summed E-state index contributed by atoms with van der Waals surface area (Å²) in [7, 11) is 0. The van der Waals surface area contributed by atoms with Crippen LogP contribution in [0.1, 0.15) is 40.0 Å². The van der Waals surface area contributed by atoms with Gasteiger partial charge < -0.3 is 9.47 Å². The summed E-state index contributed by atoms with van der Waals surface area (Å²) >= 11 is 0. The van der Waals surface area contributed by atoms with Crippen LogP contribution in [-0.4, -0.2) is 19.1 Å². The van der Waals surface area contributed by atoms with Crippen LogP contribution in [0.25, 0.3) is 0 Å². The molecule has 3 atom stereocenters. The first-order chi connectivity index (χ1) is 8.67. The Labute approximate surface area is 111 Å². The van der Waals surface area contributed by atoms with Crippen LogP contribution in [0, 0.1) is 16.7 Å². The van der Waals surface area contributed by atoms with Gasteiger partial charge in [-0.15, -0.1) is 0 Å². The summed E-state index contributed by atoms with van der Waals surface area (Å²) in [6.45, 7) is 6.37. The summed E-state index contributed by atoms with van der Waals surface area (Å²) in [5, 5.41) is 0. The Hall–Kier alpha value is -0.710. The van der Waals surface area contributed by atoms with Gasteiger partial charge in [0.2, 0.25) is 0 Å². The van der Waals surface area contributed by atoms with Crippen LogP contribution in [0.2, 0.25) is 0 Å². The molecule has 0 aromatic heterocycles. The molecule has 2 saturated carbocycles. The average molecular weight is 276 g/mol. The van der Waals surface area contributed by atoms with Crippen molar-refractivity contribution in [1.82, 2.24) is 0 Å². The third kappa shape index (κ3) is 1.66. The highest BCUT2D eigenvalue weighted by molar-refractivity contribution is 5.35. The van der Waals surface area contributed by atoms with Crippen LogP contribution in [-0.2, 0) is 9.47 Å². The molecule has 0 aromatic rings. The van der Waals surface area contributed by atoms with Gasteiger partial charge in [0.25, 0.3) is 0 Å². The molecule has 108 valence electrons. The number of halogens is 3. The first-order valence-electron chi connectivity index (χ1n) is 6.71. The van der Waals surface area contributed by atoms with Crippen LogP contribution in [0.3, 0.4) is 0 Å². The van der Waals surface area contributed by atoms with Crippen molar-refractivity contribution in [3.05, 3.63) is 11.3 Å². The molecule has 2 fully saturated rings. The van der Waals surface area contributed by atoms with Crippen molar-refractivity contribution >= 4 is 0 Å². The Morgan fingerprint density at radius 1 is 1.26 bits per heavy atom. The van der Waals surface area contributed by atoms with Crippen molar-refractivity contribution < 1.29 is 22.6 Å². The zero-order chi connectivity index (χ0) is 14.1. The molecule has 3 aliphatic rings. The smallest absolute Gasteiger partial charge is 0.396 e. The zero-order valence-electron chi connectivity index (χ0n) is 11.4. The summed E-state index contributed by atoms with van der Waals surface area (Å²) in [5.41, 5.74) is 0.674. The van der Waals surface area contributed by atoms with Crippen LogP contribution in [0.4, 0.5) is 13.2 Å². The standard InChI is InChI=1S/C14H19F3O2/c1-12(2)8-4-5-13(12,3)11-10(8)9(18-7-19-11)6-14(15,16)17/h8,11H,4-7H2,1-3H3. The van der Waals surface area contributed by atoms with Crippen molar-refractivity contribution in [3.63, 3.8) is 0 Å². The molecule has 3 unspecified atom stereocenters. The number of hydrogen-bond acceptors (Lipinski definition) is 2. The summed E-state index contributed by atoms with van der Waals surface area (Å²) < 4.78 is 48.9. The fourth-order valence-corrected chi connectivity index (χ4v) is 4.27. The van der Waals surface area contributed by atoms with E-state index < -0.39 is 12.6 Å². The van der Waals surface area contributed by atoms with E-state index in [1.165, 1.54) is 0 Å². The van der Waals surface area contributed by atoms with Gasteiger partial charge in [0.1, 0.15) is 12.2 Å². The number of fused-ring (bicyclic) bond motifs is 5. The van der Waals surface area contributed by atoms with Gasteiger partial charge in [0.05, 0.1) is 6.10 Å². The molecule has 0 amide bonds. The van der Waals surface area contributed by atoms with E-state index in [-0.39, 0.29) is 35.4 Å². The Balaban J connectivity index is 2.05. The van der Waals surface area contributed by atoms with Gasteiger partial charge in [0, 0.05) is 11.0 Å². The lowest BCUT2D eigenvalue weighted by Crippen LogP contribution is -2.40. The number of hydrogen-bond donors (Lipinski definition) is 0. The zero-order valence-corrected chi connectivity index (χ0v) is 11.4. The predicted octanol–water partition coefficient (Wildman–Crippen LogP) is 4.02. The molecule has 2 bridgehead atoms. The van der Waals surface area contributed by atoms with Crippen molar-refractivity contribution in [2.75, 3.05) is 6.79 Å². The molecule has 0 saturated heterocycles. The average Bonchev–Trinajstić information content (AvgIpc) is 2.59. The van der Waals surface area contributed by atoms with E-state index in [9.17, 15) is 13.2 Å². The van der Waals surface area contributed by atoms with Crippen molar-refractivity contribution in [1.29, 1.82) is 0 Å². The van der Waals surface area contributed by atoms with Gasteiger partial charge in [-0.1, -0.05) is 20.8 Å². The highest BCUT2D eigenvalue weighted by atomic mass is 19.4. The first-order valence-corrected chi connectivity index (χ1v) is 6.71. The van der Waals surface area contributed by atoms with Gasteiger partial charge in [-0.05, 0) is 24.2 Å². The molecule has 2 aliphatic carbocycles. The second-order valence-corrected chi connectivity index (χ2v) is 6.71. The predicted molar refractivity (Wildman–Crippen MR) is 63.1 cm³/mol. The monoisotopic (exact) mass is 276 g/mol. The van der Waals surface area contributed by atoms with Gasteiger partial charge >= 0.3 is 6.18 Å². The Morgan fingerprint density at radius 3 is 2.58 bits per heavy atom. The molecule has 0 N–H and O–H groups in total. The fourth-order valence-electron chi connectivity index (χ4n) is 4.27. The van der Waals surface area contributed by atoms with Crippen LogP contribution < -0.4 is 0 Å². The molecule has 0 aromatic carbocycles. The Kier molecular flexibility index (Phi) is 2.58. The maximum atomic E-state index is 12.7. The Bertz CT molecular complexity index is 438. The van der Waals surface area contributed by atoms with Crippen LogP contribution >= 0.6 is 0 Å². The minimum Gasteiger partial charge on any atom is -0.471 e. The van der Waals surface area contributed by atoms with E-state index in [4.69, 9.17) is 9.47 Å². The third-order valence-electron chi connectivity index (χ3n) is 5.68. The minimum atomic E-state index is -4.23. The minimum absolute atomic E-state index is 0.0302. The highest BCUT2D eigenvalue weighted by Gasteiger charge is 2.66. The number of allylic oxidation sites excluding steroid dienone is 1. The molecule has 0 radical (unpaired) electrons. The quantitative estimate of drug-likeness (QED) is 0.720. The van der Waals surface area contributed by atoms with E-state index >= 15 is 0 Å². The molecule has 0 spiro atoms. The van der Waals surface area contributed by atoms with Gasteiger partial charge in [-0.2, -0.15) is 13.2 Å². The lowest BCUT2D eigenvalue weighted by atomic mass is 9.70. The molecule has 1 aliphatic heterocycles. The summed E-state index contributed by atoms with van der Waals surface area (Å²) in [4.78, 5) is 0. The van der Waals surface area contributed by atoms with E-state index in [1.807, 2.05) is 0 Å². The van der Waals surface area contributed by atoms with Crippen molar-refractivity contribution in [2.24, 2.45) is 16.7 Å². The van der Waals surface area contributed by atoms with E-state index in [2.05, 4.69) is 20.8 Å². The van der Waals surface area contributed by atoms with Gasteiger partial charge in [0.15, 0.2) is 6.79 Å². The largest absolute Gasteiger partial charge is 0.471 e. The fraction of sp³-hybridized carbons (Fsp3) is 0.857. The maximum absolute atomic E-state index is 12.7. The maximum Gasteiger partial charge on any atom is 0.396 e. The molecule has 2 nitrogen and oxygen atoms in total. The van der Waals surface area contributed by atoms with Crippen LogP contribution in [0.15, 0.2) is 11.3 Å². The van der Waals surface area contributed by atoms with Crippen molar-refractivity contribution in [2.45, 2.75) is 52.3 Å². The van der Waals surface area contributed by atoms with E-state index in [0.29, 0.717) is 0 Å².